The van der Waals surface area contributed by atoms with Crippen molar-refractivity contribution in [3.8, 4) is 0 Å². The molecule has 0 saturated heterocycles. The first-order valence-corrected chi connectivity index (χ1v) is 13.6. The quantitative estimate of drug-likeness (QED) is 0.395. The third kappa shape index (κ3) is 5.53. The fourth-order valence-corrected chi connectivity index (χ4v) is 7.38. The Morgan fingerprint density at radius 1 is 1.09 bits per heavy atom. The van der Waals surface area contributed by atoms with Crippen molar-refractivity contribution < 1.29 is 15.3 Å². The zero-order valence-corrected chi connectivity index (χ0v) is 21.4. The number of rotatable bonds is 8. The van der Waals surface area contributed by atoms with Gasteiger partial charge in [0, 0.05) is 5.92 Å². The average Bonchev–Trinajstić information content (AvgIpc) is 3.13. The summed E-state index contributed by atoms with van der Waals surface area (Å²) in [6.45, 7) is 11.2. The SMILES string of the molecule is CCC(O)(CC)CCC[C@H](C)[C@H]1CC[C@H]2/C(=C/C=C3C[C@@H](O)C(C)[C@H](O)C3)CCC[C@]12C. The molecule has 3 rings (SSSR count). The first kappa shape index (κ1) is 26.0. The zero-order chi connectivity index (χ0) is 23.5. The minimum absolute atomic E-state index is 0.0273. The van der Waals surface area contributed by atoms with Crippen LogP contribution in [-0.2, 0) is 0 Å². The van der Waals surface area contributed by atoms with Gasteiger partial charge in [0.1, 0.15) is 0 Å². The Bertz CT molecular complexity index is 662. The molecule has 0 spiro atoms. The van der Waals surface area contributed by atoms with Crippen LogP contribution in [0.25, 0.3) is 0 Å². The molecular weight excluding hydrogens is 396 g/mol. The molecule has 3 saturated carbocycles. The van der Waals surface area contributed by atoms with Crippen LogP contribution < -0.4 is 0 Å². The maximum atomic E-state index is 10.6. The second-order valence-electron chi connectivity index (χ2n) is 11.9. The molecule has 3 N–H and O–H groups in total. The molecule has 3 fully saturated rings. The summed E-state index contributed by atoms with van der Waals surface area (Å²) in [6.07, 6.45) is 16.6. The van der Waals surface area contributed by atoms with Gasteiger partial charge in [-0.3, -0.25) is 0 Å². The average molecular weight is 447 g/mol. The van der Waals surface area contributed by atoms with Crippen molar-refractivity contribution in [3.05, 3.63) is 23.3 Å². The van der Waals surface area contributed by atoms with Gasteiger partial charge in [-0.1, -0.05) is 70.8 Å². The first-order valence-electron chi connectivity index (χ1n) is 13.6. The fourth-order valence-electron chi connectivity index (χ4n) is 7.38. The first-order chi connectivity index (χ1) is 15.1. The second kappa shape index (κ2) is 10.7. The lowest BCUT2D eigenvalue weighted by molar-refractivity contribution is 0.00404. The Morgan fingerprint density at radius 2 is 1.75 bits per heavy atom. The number of aliphatic hydroxyl groups excluding tert-OH is 2. The van der Waals surface area contributed by atoms with Gasteiger partial charge >= 0.3 is 0 Å². The fraction of sp³-hybridized carbons (Fsp3) is 0.862. The van der Waals surface area contributed by atoms with Gasteiger partial charge in [0.15, 0.2) is 0 Å². The van der Waals surface area contributed by atoms with E-state index in [9.17, 15) is 15.3 Å². The summed E-state index contributed by atoms with van der Waals surface area (Å²) in [5.41, 5.74) is 2.74. The monoisotopic (exact) mass is 446 g/mol. The standard InChI is InChI=1S/C29H50O3/c1-6-29(32,7-2)17-8-10-20(3)24-14-15-25-23(11-9-16-28(24,25)5)13-12-22-18-26(30)21(4)27(31)19-22/h12-13,20-21,24-27,30-32H,6-11,14-19H2,1-5H3/b22-12?,23-13+/t20-,21?,24+,25-,26+,27+,28+/m0/s1. The van der Waals surface area contributed by atoms with Gasteiger partial charge in [-0.05, 0) is 87.4 Å². The summed E-state index contributed by atoms with van der Waals surface area (Å²) < 4.78 is 0. The van der Waals surface area contributed by atoms with Crippen molar-refractivity contribution in [2.45, 2.75) is 129 Å². The number of aliphatic hydroxyl groups is 3. The smallest absolute Gasteiger partial charge is 0.0642 e. The van der Waals surface area contributed by atoms with E-state index in [-0.39, 0.29) is 5.92 Å². The van der Waals surface area contributed by atoms with Crippen LogP contribution in [0, 0.1) is 29.1 Å². The molecule has 3 aliphatic carbocycles. The second-order valence-corrected chi connectivity index (χ2v) is 11.9. The molecule has 0 aromatic carbocycles. The Balaban J connectivity index is 1.64. The molecule has 32 heavy (non-hydrogen) atoms. The Labute approximate surface area is 197 Å². The summed E-state index contributed by atoms with van der Waals surface area (Å²) in [5, 5.41) is 31.2. The molecule has 0 unspecified atom stereocenters. The van der Waals surface area contributed by atoms with E-state index in [2.05, 4.69) is 39.8 Å². The van der Waals surface area contributed by atoms with E-state index >= 15 is 0 Å². The molecule has 0 amide bonds. The highest BCUT2D eigenvalue weighted by atomic mass is 16.3. The summed E-state index contributed by atoms with van der Waals surface area (Å²) in [4.78, 5) is 0. The van der Waals surface area contributed by atoms with Crippen LogP contribution >= 0.6 is 0 Å². The van der Waals surface area contributed by atoms with E-state index in [0.29, 0.717) is 30.1 Å². The predicted octanol–water partition coefficient (Wildman–Crippen LogP) is 6.56. The molecule has 3 nitrogen and oxygen atoms in total. The van der Waals surface area contributed by atoms with Crippen LogP contribution in [0.1, 0.15) is 112 Å². The topological polar surface area (TPSA) is 60.7 Å². The highest BCUT2D eigenvalue weighted by Crippen LogP contribution is 2.60. The van der Waals surface area contributed by atoms with Crippen LogP contribution in [0.4, 0.5) is 0 Å². The molecule has 0 aromatic rings. The van der Waals surface area contributed by atoms with Gasteiger partial charge in [-0.15, -0.1) is 0 Å². The van der Waals surface area contributed by atoms with Crippen molar-refractivity contribution in [1.29, 1.82) is 0 Å². The van der Waals surface area contributed by atoms with Crippen LogP contribution in [0.2, 0.25) is 0 Å². The van der Waals surface area contributed by atoms with E-state index in [1.54, 1.807) is 5.57 Å². The van der Waals surface area contributed by atoms with Gasteiger partial charge in [-0.2, -0.15) is 0 Å². The maximum absolute atomic E-state index is 10.6. The lowest BCUT2D eigenvalue weighted by Crippen LogP contribution is -2.36. The molecule has 0 bridgehead atoms. The van der Waals surface area contributed by atoms with Gasteiger partial charge in [0.25, 0.3) is 0 Å². The molecule has 0 heterocycles. The summed E-state index contributed by atoms with van der Waals surface area (Å²) in [6, 6.07) is 0. The molecule has 0 radical (unpaired) electrons. The van der Waals surface area contributed by atoms with Gasteiger partial charge in [0.05, 0.1) is 17.8 Å². The molecule has 6 atom stereocenters. The highest BCUT2D eigenvalue weighted by molar-refractivity contribution is 5.26. The van der Waals surface area contributed by atoms with Crippen LogP contribution in [-0.4, -0.2) is 33.1 Å². The van der Waals surface area contributed by atoms with Crippen LogP contribution in [0.3, 0.4) is 0 Å². The van der Waals surface area contributed by atoms with E-state index in [1.165, 1.54) is 44.1 Å². The van der Waals surface area contributed by atoms with Gasteiger partial charge in [-0.25, -0.2) is 0 Å². The third-order valence-corrected chi connectivity index (χ3v) is 10.0. The largest absolute Gasteiger partial charge is 0.392 e. The lowest BCUT2D eigenvalue weighted by atomic mass is 9.60. The van der Waals surface area contributed by atoms with Crippen molar-refractivity contribution in [3.63, 3.8) is 0 Å². The summed E-state index contributed by atoms with van der Waals surface area (Å²) in [7, 11) is 0. The van der Waals surface area contributed by atoms with Gasteiger partial charge < -0.3 is 15.3 Å². The summed E-state index contributed by atoms with van der Waals surface area (Å²) >= 11 is 0. The van der Waals surface area contributed by atoms with E-state index in [4.69, 9.17) is 0 Å². The maximum Gasteiger partial charge on any atom is 0.0642 e. The molecule has 0 aliphatic heterocycles. The molecule has 0 aromatic heterocycles. The van der Waals surface area contributed by atoms with E-state index < -0.39 is 17.8 Å². The highest BCUT2D eigenvalue weighted by Gasteiger charge is 2.50. The lowest BCUT2D eigenvalue weighted by Gasteiger charge is -2.44. The minimum atomic E-state index is -0.464. The van der Waals surface area contributed by atoms with Crippen molar-refractivity contribution in [2.24, 2.45) is 29.1 Å². The van der Waals surface area contributed by atoms with Gasteiger partial charge in [0.2, 0.25) is 0 Å². The predicted molar refractivity (Wildman–Crippen MR) is 133 cm³/mol. The number of fused-ring (bicyclic) bond motifs is 1. The minimum Gasteiger partial charge on any atom is -0.392 e. The molecule has 3 aliphatic rings. The third-order valence-electron chi connectivity index (χ3n) is 10.0. The normalized spacial score (nSPS) is 38.1. The Kier molecular flexibility index (Phi) is 8.72. The number of hydrogen-bond acceptors (Lipinski definition) is 3. The van der Waals surface area contributed by atoms with Crippen molar-refractivity contribution >= 4 is 0 Å². The van der Waals surface area contributed by atoms with Crippen LogP contribution in [0.15, 0.2) is 23.3 Å². The van der Waals surface area contributed by atoms with E-state index in [1.807, 2.05) is 6.92 Å². The molecule has 3 heteroatoms. The number of hydrogen-bond donors (Lipinski definition) is 3. The van der Waals surface area contributed by atoms with Crippen molar-refractivity contribution in [2.75, 3.05) is 0 Å². The molecule has 184 valence electrons. The van der Waals surface area contributed by atoms with Crippen LogP contribution in [0.5, 0.6) is 0 Å². The zero-order valence-electron chi connectivity index (χ0n) is 21.4. The van der Waals surface area contributed by atoms with Crippen molar-refractivity contribution in [1.82, 2.24) is 0 Å². The Morgan fingerprint density at radius 3 is 2.38 bits per heavy atom. The number of allylic oxidation sites excluding steroid dienone is 3. The van der Waals surface area contributed by atoms with E-state index in [0.717, 1.165) is 31.6 Å². The summed E-state index contributed by atoms with van der Waals surface area (Å²) in [5.74, 6) is 2.15. The molecular formula is C29H50O3. The Hall–Kier alpha value is -0.640.